The normalized spacial score (nSPS) is 9.13. The van der Waals surface area contributed by atoms with E-state index < -0.39 is 11.8 Å². The maximum absolute atomic E-state index is 13.1. The third-order valence-electron chi connectivity index (χ3n) is 1.79. The molecule has 0 radical (unpaired) electrons. The van der Waals surface area contributed by atoms with Gasteiger partial charge >= 0.3 is 5.97 Å². The second kappa shape index (κ2) is 4.33. The van der Waals surface area contributed by atoms with Crippen LogP contribution < -0.4 is 0 Å². The van der Waals surface area contributed by atoms with Crippen LogP contribution in [0.4, 0.5) is 4.39 Å². The van der Waals surface area contributed by atoms with Gasteiger partial charge in [-0.3, -0.25) is 4.79 Å². The van der Waals surface area contributed by atoms with Crippen molar-refractivity contribution in [3.05, 3.63) is 34.6 Å². The van der Waals surface area contributed by atoms with E-state index in [0.29, 0.717) is 6.29 Å². The van der Waals surface area contributed by atoms with Gasteiger partial charge in [-0.2, -0.15) is 5.26 Å². The highest BCUT2D eigenvalue weighted by Gasteiger charge is 2.15. The highest BCUT2D eigenvalue weighted by atomic mass is 19.1. The van der Waals surface area contributed by atoms with Gasteiger partial charge in [0.1, 0.15) is 11.9 Å². The zero-order valence-corrected chi connectivity index (χ0v) is 7.78. The zero-order chi connectivity index (χ0) is 11.4. The van der Waals surface area contributed by atoms with E-state index in [9.17, 15) is 14.0 Å². The van der Waals surface area contributed by atoms with E-state index in [1.165, 1.54) is 0 Å². The number of nitriles is 1. The van der Waals surface area contributed by atoms with E-state index in [1.54, 1.807) is 6.07 Å². The molecule has 0 aliphatic heterocycles. The van der Waals surface area contributed by atoms with E-state index >= 15 is 0 Å². The number of carbonyl (C=O) groups is 2. The minimum Gasteiger partial charge on any atom is -0.465 e. The Hall–Kier alpha value is -2.22. The summed E-state index contributed by atoms with van der Waals surface area (Å²) in [7, 11) is 1.12. The molecule has 0 spiro atoms. The molecule has 0 amide bonds. The topological polar surface area (TPSA) is 67.2 Å². The predicted octanol–water partition coefficient (Wildman–Crippen LogP) is 1.30. The maximum Gasteiger partial charge on any atom is 0.338 e. The Morgan fingerprint density at radius 1 is 1.60 bits per heavy atom. The molecule has 0 atom stereocenters. The van der Waals surface area contributed by atoms with E-state index in [1.807, 2.05) is 0 Å². The quantitative estimate of drug-likeness (QED) is 0.541. The van der Waals surface area contributed by atoms with Crippen molar-refractivity contribution < 1.29 is 18.7 Å². The number of esters is 1. The number of rotatable bonds is 2. The molecule has 76 valence electrons. The summed E-state index contributed by atoms with van der Waals surface area (Å²) >= 11 is 0. The summed E-state index contributed by atoms with van der Waals surface area (Å²) in [5, 5.41) is 8.50. The fraction of sp³-hybridized carbons (Fsp3) is 0.100. The molecular weight excluding hydrogens is 201 g/mol. The van der Waals surface area contributed by atoms with Crippen molar-refractivity contribution in [1.29, 1.82) is 5.26 Å². The van der Waals surface area contributed by atoms with Crippen molar-refractivity contribution in [3.8, 4) is 6.07 Å². The molecule has 0 saturated heterocycles. The summed E-state index contributed by atoms with van der Waals surface area (Å²) < 4.78 is 17.5. The average molecular weight is 207 g/mol. The van der Waals surface area contributed by atoms with Crippen LogP contribution in [0.2, 0.25) is 0 Å². The van der Waals surface area contributed by atoms with Crippen molar-refractivity contribution in [2.75, 3.05) is 7.11 Å². The molecule has 0 heterocycles. The molecule has 0 saturated carbocycles. The number of hydrogen-bond acceptors (Lipinski definition) is 4. The molecule has 0 aromatic heterocycles. The third-order valence-corrected chi connectivity index (χ3v) is 1.79. The van der Waals surface area contributed by atoms with Crippen LogP contribution in [0.3, 0.4) is 0 Å². The van der Waals surface area contributed by atoms with Crippen LogP contribution >= 0.6 is 0 Å². The first-order valence-electron chi connectivity index (χ1n) is 3.91. The van der Waals surface area contributed by atoms with Gasteiger partial charge < -0.3 is 4.74 Å². The monoisotopic (exact) mass is 207 g/mol. The lowest BCUT2D eigenvalue weighted by molar-refractivity contribution is 0.0598. The van der Waals surface area contributed by atoms with Gasteiger partial charge in [0.2, 0.25) is 0 Å². The van der Waals surface area contributed by atoms with Crippen LogP contribution in [0.5, 0.6) is 0 Å². The Bertz CT molecular complexity index is 462. The molecule has 4 nitrogen and oxygen atoms in total. The number of nitrogens with zero attached hydrogens (tertiary/aromatic N) is 1. The first-order valence-corrected chi connectivity index (χ1v) is 3.91. The Morgan fingerprint density at radius 3 is 2.73 bits per heavy atom. The summed E-state index contributed by atoms with van der Waals surface area (Å²) in [6.45, 7) is 0. The maximum atomic E-state index is 13.1. The number of benzene rings is 1. The first-order chi connectivity index (χ1) is 7.13. The van der Waals surface area contributed by atoms with Gasteiger partial charge in [0.05, 0.1) is 18.2 Å². The highest BCUT2D eigenvalue weighted by molar-refractivity contribution is 5.98. The average Bonchev–Trinajstić information content (AvgIpc) is 2.27. The lowest BCUT2D eigenvalue weighted by Crippen LogP contribution is -2.07. The summed E-state index contributed by atoms with van der Waals surface area (Å²) in [5.74, 6) is -1.68. The van der Waals surface area contributed by atoms with Gasteiger partial charge in [-0.1, -0.05) is 0 Å². The van der Waals surface area contributed by atoms with Gasteiger partial charge in [-0.15, -0.1) is 0 Å². The van der Waals surface area contributed by atoms with Crippen LogP contribution in [0.15, 0.2) is 12.1 Å². The summed E-state index contributed by atoms with van der Waals surface area (Å²) in [4.78, 5) is 21.7. The number of halogens is 1. The van der Waals surface area contributed by atoms with Gasteiger partial charge in [0.15, 0.2) is 6.29 Å². The molecule has 0 N–H and O–H groups in total. The van der Waals surface area contributed by atoms with E-state index in [4.69, 9.17) is 5.26 Å². The summed E-state index contributed by atoms with van der Waals surface area (Å²) in [6.07, 6.45) is 0.368. The molecule has 1 rings (SSSR count). The molecule has 0 fully saturated rings. The van der Waals surface area contributed by atoms with Crippen molar-refractivity contribution in [1.82, 2.24) is 0 Å². The SMILES string of the molecule is COC(=O)c1cc(F)c(C#N)cc1C=O. The second-order valence-electron chi connectivity index (χ2n) is 2.64. The standard InChI is InChI=1S/C10H6FNO3/c1-15-10(14)8-3-9(11)6(4-12)2-7(8)5-13/h2-3,5H,1H3. The zero-order valence-electron chi connectivity index (χ0n) is 7.78. The number of ether oxygens (including phenoxy) is 1. The van der Waals surface area contributed by atoms with Crippen molar-refractivity contribution in [3.63, 3.8) is 0 Å². The molecule has 15 heavy (non-hydrogen) atoms. The Kier molecular flexibility index (Phi) is 3.13. The molecule has 1 aromatic rings. The van der Waals surface area contributed by atoms with Gasteiger partial charge in [-0.25, -0.2) is 9.18 Å². The lowest BCUT2D eigenvalue weighted by atomic mass is 10.0. The largest absolute Gasteiger partial charge is 0.465 e. The Labute approximate surface area is 84.9 Å². The first kappa shape index (κ1) is 10.9. The minimum atomic E-state index is -0.858. The van der Waals surface area contributed by atoms with Crippen molar-refractivity contribution in [2.45, 2.75) is 0 Å². The number of carbonyl (C=O) groups excluding carboxylic acids is 2. The molecule has 0 aliphatic rings. The van der Waals surface area contributed by atoms with Crippen molar-refractivity contribution >= 4 is 12.3 Å². The van der Waals surface area contributed by atoms with Crippen LogP contribution in [0.1, 0.15) is 26.3 Å². The second-order valence-corrected chi connectivity index (χ2v) is 2.64. The Balaban J connectivity index is 3.41. The molecule has 0 bridgehead atoms. The van der Waals surface area contributed by atoms with Crippen LogP contribution in [-0.2, 0) is 4.74 Å². The molecule has 1 aromatic carbocycles. The van der Waals surface area contributed by atoms with E-state index in [2.05, 4.69) is 4.74 Å². The number of aldehydes is 1. The third kappa shape index (κ3) is 1.99. The lowest BCUT2D eigenvalue weighted by Gasteiger charge is -2.03. The fourth-order valence-corrected chi connectivity index (χ4v) is 1.06. The summed E-state index contributed by atoms with van der Waals surface area (Å²) in [5.41, 5.74) is -0.548. The smallest absolute Gasteiger partial charge is 0.338 e. The fourth-order valence-electron chi connectivity index (χ4n) is 1.06. The van der Waals surface area contributed by atoms with Crippen LogP contribution in [0, 0.1) is 17.1 Å². The van der Waals surface area contributed by atoms with Crippen LogP contribution in [-0.4, -0.2) is 19.4 Å². The molecule has 0 unspecified atom stereocenters. The Morgan fingerprint density at radius 2 is 2.27 bits per heavy atom. The van der Waals surface area contributed by atoms with Gasteiger partial charge in [-0.05, 0) is 12.1 Å². The van der Waals surface area contributed by atoms with Gasteiger partial charge in [0, 0.05) is 5.56 Å². The predicted molar refractivity (Wildman–Crippen MR) is 47.8 cm³/mol. The highest BCUT2D eigenvalue weighted by Crippen LogP contribution is 2.15. The molecule has 0 aliphatic carbocycles. The minimum absolute atomic E-state index is 0.0696. The summed E-state index contributed by atoms with van der Waals surface area (Å²) in [6, 6.07) is 3.39. The number of hydrogen-bond donors (Lipinski definition) is 0. The molecule has 5 heteroatoms. The van der Waals surface area contributed by atoms with Gasteiger partial charge in [0.25, 0.3) is 0 Å². The van der Waals surface area contributed by atoms with E-state index in [-0.39, 0.29) is 16.7 Å². The van der Waals surface area contributed by atoms with Crippen molar-refractivity contribution in [2.24, 2.45) is 0 Å². The number of methoxy groups -OCH3 is 1. The molecular formula is C10H6FNO3. The van der Waals surface area contributed by atoms with Crippen LogP contribution in [0.25, 0.3) is 0 Å². The van der Waals surface area contributed by atoms with E-state index in [0.717, 1.165) is 19.2 Å².